The smallest absolute Gasteiger partial charge is 0.429 e. The lowest BCUT2D eigenvalue weighted by molar-refractivity contribution is -0.240. The van der Waals surface area contributed by atoms with Gasteiger partial charge in [0.05, 0.1) is 0 Å². The van der Waals surface area contributed by atoms with Crippen LogP contribution < -0.4 is 10.1 Å². The number of ether oxygens (including phenoxy) is 1. The first kappa shape index (κ1) is 12.2. The van der Waals surface area contributed by atoms with E-state index in [4.69, 9.17) is 4.74 Å². The van der Waals surface area contributed by atoms with Crippen LogP contribution in [0.1, 0.15) is 6.42 Å². The molecule has 1 atom stereocenters. The summed E-state index contributed by atoms with van der Waals surface area (Å²) in [7, 11) is 0. The van der Waals surface area contributed by atoms with Crippen LogP contribution in [0, 0.1) is 5.82 Å². The van der Waals surface area contributed by atoms with E-state index in [0.29, 0.717) is 0 Å². The average molecular weight is 249 g/mol. The molecule has 1 unspecified atom stereocenters. The number of benzene rings is 1. The van der Waals surface area contributed by atoms with Crippen LogP contribution in [0.15, 0.2) is 24.3 Å². The Morgan fingerprint density at radius 3 is 2.59 bits per heavy atom. The number of hydrogen-bond donors (Lipinski definition) is 1. The molecule has 1 aliphatic heterocycles. The van der Waals surface area contributed by atoms with Gasteiger partial charge in [-0.1, -0.05) is 6.07 Å². The van der Waals surface area contributed by atoms with Crippen molar-refractivity contribution in [2.75, 3.05) is 13.1 Å². The highest BCUT2D eigenvalue weighted by atomic mass is 19.4. The fourth-order valence-electron chi connectivity index (χ4n) is 1.81. The van der Waals surface area contributed by atoms with Crippen molar-refractivity contribution < 1.29 is 22.3 Å². The summed E-state index contributed by atoms with van der Waals surface area (Å²) in [5, 5.41) is 2.62. The molecule has 0 bridgehead atoms. The zero-order valence-corrected chi connectivity index (χ0v) is 8.85. The number of hydrogen-bond acceptors (Lipinski definition) is 2. The number of halogens is 4. The highest BCUT2D eigenvalue weighted by molar-refractivity contribution is 5.24. The van der Waals surface area contributed by atoms with Gasteiger partial charge in [0.25, 0.3) is 0 Å². The minimum Gasteiger partial charge on any atom is -0.476 e. The lowest BCUT2D eigenvalue weighted by atomic mass is 10.0. The highest BCUT2D eigenvalue weighted by Gasteiger charge is 2.58. The summed E-state index contributed by atoms with van der Waals surface area (Å²) in [6.45, 7) is -0.0815. The monoisotopic (exact) mass is 249 g/mol. The summed E-state index contributed by atoms with van der Waals surface area (Å²) in [6, 6.07) is 4.73. The van der Waals surface area contributed by atoms with E-state index in [0.717, 1.165) is 12.1 Å². The molecule has 0 amide bonds. The van der Waals surface area contributed by atoms with Crippen molar-refractivity contribution in [1.29, 1.82) is 0 Å². The molecule has 2 nitrogen and oxygen atoms in total. The second-order valence-electron chi connectivity index (χ2n) is 3.98. The molecule has 1 aromatic carbocycles. The SMILES string of the molecule is Fc1cccc(OC2(C(F)(F)F)CCNC2)c1. The Bertz CT molecular complexity index is 399. The van der Waals surface area contributed by atoms with Crippen molar-refractivity contribution in [3.05, 3.63) is 30.1 Å². The summed E-state index contributed by atoms with van der Waals surface area (Å²) in [4.78, 5) is 0. The van der Waals surface area contributed by atoms with Gasteiger partial charge in [0.15, 0.2) is 0 Å². The van der Waals surface area contributed by atoms with Crippen LogP contribution in [0.4, 0.5) is 17.6 Å². The first-order valence-electron chi connectivity index (χ1n) is 5.15. The maximum absolute atomic E-state index is 12.9. The molecule has 17 heavy (non-hydrogen) atoms. The Morgan fingerprint density at radius 2 is 2.06 bits per heavy atom. The fraction of sp³-hybridized carbons (Fsp3) is 0.455. The maximum atomic E-state index is 12.9. The molecule has 0 saturated carbocycles. The Morgan fingerprint density at radius 1 is 1.29 bits per heavy atom. The van der Waals surface area contributed by atoms with E-state index < -0.39 is 17.6 Å². The number of nitrogens with one attached hydrogen (secondary N) is 1. The number of alkyl halides is 3. The third-order valence-corrected chi connectivity index (χ3v) is 2.74. The Balaban J connectivity index is 2.25. The highest BCUT2D eigenvalue weighted by Crippen LogP contribution is 2.39. The molecule has 1 N–H and O–H groups in total. The molecular formula is C11H11F4NO. The molecule has 1 heterocycles. The molecule has 1 aliphatic rings. The van der Waals surface area contributed by atoms with E-state index in [1.54, 1.807) is 0 Å². The first-order valence-corrected chi connectivity index (χ1v) is 5.15. The van der Waals surface area contributed by atoms with Gasteiger partial charge >= 0.3 is 6.18 Å². The van der Waals surface area contributed by atoms with E-state index in [2.05, 4.69) is 5.32 Å². The first-order chi connectivity index (χ1) is 7.93. The Kier molecular flexibility index (Phi) is 2.99. The van der Waals surface area contributed by atoms with Crippen molar-refractivity contribution >= 4 is 0 Å². The van der Waals surface area contributed by atoms with Gasteiger partial charge in [-0.25, -0.2) is 4.39 Å². The van der Waals surface area contributed by atoms with Gasteiger partial charge in [-0.2, -0.15) is 13.2 Å². The van der Waals surface area contributed by atoms with E-state index in [-0.39, 0.29) is 25.3 Å². The Labute approximate surface area is 95.6 Å². The van der Waals surface area contributed by atoms with Crippen LogP contribution in [0.2, 0.25) is 0 Å². The molecule has 6 heteroatoms. The zero-order valence-electron chi connectivity index (χ0n) is 8.85. The van der Waals surface area contributed by atoms with Gasteiger partial charge in [0.2, 0.25) is 5.60 Å². The van der Waals surface area contributed by atoms with Gasteiger partial charge < -0.3 is 10.1 Å². The predicted octanol–water partition coefficient (Wildman–Crippen LogP) is 2.50. The van der Waals surface area contributed by atoms with Gasteiger partial charge in [-0.15, -0.1) is 0 Å². The largest absolute Gasteiger partial charge is 0.476 e. The third kappa shape index (κ3) is 2.36. The van der Waals surface area contributed by atoms with Crippen molar-refractivity contribution in [3.8, 4) is 5.75 Å². The standard InChI is InChI=1S/C11H11F4NO/c12-8-2-1-3-9(6-8)17-10(11(13,14)15)4-5-16-7-10/h1-3,6,16H,4-5,7H2. The normalized spacial score (nSPS) is 24.9. The molecule has 1 fully saturated rings. The van der Waals surface area contributed by atoms with E-state index in [1.165, 1.54) is 12.1 Å². The maximum Gasteiger partial charge on any atom is 0.429 e. The zero-order chi connectivity index (χ0) is 12.5. The summed E-state index contributed by atoms with van der Waals surface area (Å²) < 4.78 is 56.7. The van der Waals surface area contributed by atoms with E-state index in [1.807, 2.05) is 0 Å². The Hall–Kier alpha value is -1.30. The quantitative estimate of drug-likeness (QED) is 0.813. The van der Waals surface area contributed by atoms with Crippen LogP contribution in [-0.2, 0) is 0 Å². The van der Waals surface area contributed by atoms with Crippen molar-refractivity contribution in [1.82, 2.24) is 5.32 Å². The van der Waals surface area contributed by atoms with Gasteiger partial charge in [-0.05, 0) is 18.7 Å². The number of rotatable bonds is 2. The van der Waals surface area contributed by atoms with Crippen LogP contribution in [0.3, 0.4) is 0 Å². The van der Waals surface area contributed by atoms with Crippen molar-refractivity contribution in [2.45, 2.75) is 18.2 Å². The van der Waals surface area contributed by atoms with E-state index >= 15 is 0 Å². The van der Waals surface area contributed by atoms with Gasteiger partial charge in [0.1, 0.15) is 11.6 Å². The molecule has 0 spiro atoms. The fourth-order valence-corrected chi connectivity index (χ4v) is 1.81. The lowest BCUT2D eigenvalue weighted by Crippen LogP contribution is -2.52. The van der Waals surface area contributed by atoms with Crippen molar-refractivity contribution in [3.63, 3.8) is 0 Å². The molecular weight excluding hydrogens is 238 g/mol. The molecule has 1 saturated heterocycles. The topological polar surface area (TPSA) is 21.3 Å². The van der Waals surface area contributed by atoms with Crippen LogP contribution in [0.25, 0.3) is 0 Å². The van der Waals surface area contributed by atoms with Crippen LogP contribution >= 0.6 is 0 Å². The van der Waals surface area contributed by atoms with Gasteiger partial charge in [-0.3, -0.25) is 0 Å². The minimum atomic E-state index is -4.48. The molecule has 94 valence electrons. The average Bonchev–Trinajstić information content (AvgIpc) is 2.66. The van der Waals surface area contributed by atoms with Crippen LogP contribution in [0.5, 0.6) is 5.75 Å². The minimum absolute atomic E-state index is 0.106. The molecule has 2 rings (SSSR count). The molecule has 0 radical (unpaired) electrons. The lowest BCUT2D eigenvalue weighted by Gasteiger charge is -2.31. The summed E-state index contributed by atoms with van der Waals surface area (Å²) >= 11 is 0. The molecule has 1 aromatic rings. The third-order valence-electron chi connectivity index (χ3n) is 2.74. The summed E-state index contributed by atoms with van der Waals surface area (Å²) in [5.41, 5.74) is -2.25. The van der Waals surface area contributed by atoms with Crippen molar-refractivity contribution in [2.24, 2.45) is 0 Å². The van der Waals surface area contributed by atoms with E-state index in [9.17, 15) is 17.6 Å². The van der Waals surface area contributed by atoms with Gasteiger partial charge in [0, 0.05) is 19.0 Å². The van der Waals surface area contributed by atoms with Crippen LogP contribution in [-0.4, -0.2) is 24.9 Å². The summed E-state index contributed by atoms with van der Waals surface area (Å²) in [6.07, 6.45) is -4.66. The predicted molar refractivity (Wildman–Crippen MR) is 53.3 cm³/mol. The molecule has 0 aromatic heterocycles. The second kappa shape index (κ2) is 4.18. The second-order valence-corrected chi connectivity index (χ2v) is 3.98. The molecule has 0 aliphatic carbocycles. The summed E-state index contributed by atoms with van der Waals surface area (Å²) in [5.74, 6) is -0.725.